The fourth-order valence-electron chi connectivity index (χ4n) is 2.09. The lowest BCUT2D eigenvalue weighted by Gasteiger charge is -2.20. The molecular formula is C14H22FNO4S. The van der Waals surface area contributed by atoms with Crippen LogP contribution in [0.25, 0.3) is 0 Å². The standard InChI is InChI=1S/C14H22FNO4S/c1-4-10(5-2)13(17)9-16-21(18,19)11-6-7-14(20-3)12(15)8-11/h6-8,10,13,16-17H,4-5,9H2,1-3H3. The third kappa shape index (κ3) is 4.66. The van der Waals surface area contributed by atoms with Crippen LogP contribution in [0.3, 0.4) is 0 Å². The second-order valence-corrected chi connectivity index (χ2v) is 6.56. The lowest BCUT2D eigenvalue weighted by Crippen LogP contribution is -2.36. The van der Waals surface area contributed by atoms with Gasteiger partial charge in [0.2, 0.25) is 10.0 Å². The number of ether oxygens (including phenoxy) is 1. The van der Waals surface area contributed by atoms with Crippen molar-refractivity contribution >= 4 is 10.0 Å². The summed E-state index contributed by atoms with van der Waals surface area (Å²) in [5, 5.41) is 9.93. The number of sulfonamides is 1. The summed E-state index contributed by atoms with van der Waals surface area (Å²) < 4.78 is 44.7. The van der Waals surface area contributed by atoms with E-state index in [9.17, 15) is 17.9 Å². The van der Waals surface area contributed by atoms with Crippen LogP contribution in [-0.4, -0.2) is 33.3 Å². The van der Waals surface area contributed by atoms with Crippen LogP contribution in [0.5, 0.6) is 5.75 Å². The van der Waals surface area contributed by atoms with E-state index in [1.165, 1.54) is 19.2 Å². The molecule has 0 fully saturated rings. The van der Waals surface area contributed by atoms with Crippen LogP contribution in [0, 0.1) is 11.7 Å². The zero-order chi connectivity index (χ0) is 16.0. The van der Waals surface area contributed by atoms with Crippen LogP contribution in [0.1, 0.15) is 26.7 Å². The zero-order valence-electron chi connectivity index (χ0n) is 12.5. The summed E-state index contributed by atoms with van der Waals surface area (Å²) in [6, 6.07) is 3.40. The Kier molecular flexibility index (Phi) is 6.57. The molecule has 5 nitrogen and oxygen atoms in total. The SMILES string of the molecule is CCC(CC)C(O)CNS(=O)(=O)c1ccc(OC)c(F)c1. The average molecular weight is 319 g/mol. The van der Waals surface area contributed by atoms with Crippen LogP contribution in [0.4, 0.5) is 4.39 Å². The van der Waals surface area contributed by atoms with Crippen molar-refractivity contribution in [2.45, 2.75) is 37.7 Å². The molecule has 1 rings (SSSR count). The number of halogens is 1. The Hall–Kier alpha value is -1.18. The van der Waals surface area contributed by atoms with Crippen LogP contribution < -0.4 is 9.46 Å². The van der Waals surface area contributed by atoms with E-state index in [0.29, 0.717) is 0 Å². The summed E-state index contributed by atoms with van der Waals surface area (Å²) in [7, 11) is -2.56. The maximum atomic E-state index is 13.6. The molecule has 2 N–H and O–H groups in total. The van der Waals surface area contributed by atoms with E-state index in [-0.39, 0.29) is 23.1 Å². The maximum Gasteiger partial charge on any atom is 0.240 e. The number of hydrogen-bond donors (Lipinski definition) is 2. The first-order valence-electron chi connectivity index (χ1n) is 6.87. The van der Waals surface area contributed by atoms with Crippen molar-refractivity contribution < 1.29 is 22.7 Å². The molecule has 0 saturated carbocycles. The van der Waals surface area contributed by atoms with E-state index in [4.69, 9.17) is 4.74 Å². The molecule has 120 valence electrons. The van der Waals surface area contributed by atoms with Gasteiger partial charge in [-0.1, -0.05) is 26.7 Å². The molecular weight excluding hydrogens is 297 g/mol. The van der Waals surface area contributed by atoms with Gasteiger partial charge in [0.15, 0.2) is 11.6 Å². The Labute approximate surface area is 125 Å². The van der Waals surface area contributed by atoms with E-state index in [0.717, 1.165) is 18.9 Å². The van der Waals surface area contributed by atoms with Crippen molar-refractivity contribution in [3.8, 4) is 5.75 Å². The van der Waals surface area contributed by atoms with Crippen LogP contribution in [-0.2, 0) is 10.0 Å². The third-order valence-electron chi connectivity index (χ3n) is 3.51. The smallest absolute Gasteiger partial charge is 0.240 e. The van der Waals surface area contributed by atoms with E-state index >= 15 is 0 Å². The van der Waals surface area contributed by atoms with Crippen molar-refractivity contribution in [1.29, 1.82) is 0 Å². The fourth-order valence-corrected chi connectivity index (χ4v) is 3.15. The highest BCUT2D eigenvalue weighted by atomic mass is 32.2. The monoisotopic (exact) mass is 319 g/mol. The molecule has 0 heterocycles. The van der Waals surface area contributed by atoms with Gasteiger partial charge < -0.3 is 9.84 Å². The Morgan fingerprint density at radius 2 is 1.95 bits per heavy atom. The normalized spacial score (nSPS) is 13.4. The quantitative estimate of drug-likeness (QED) is 0.767. The van der Waals surface area contributed by atoms with Gasteiger partial charge in [-0.2, -0.15) is 0 Å². The molecule has 0 bridgehead atoms. The summed E-state index contributed by atoms with van der Waals surface area (Å²) in [5.74, 6) is -0.743. The van der Waals surface area contributed by atoms with Crippen molar-refractivity contribution in [1.82, 2.24) is 4.72 Å². The summed E-state index contributed by atoms with van der Waals surface area (Å²) >= 11 is 0. The van der Waals surface area contributed by atoms with E-state index in [1.807, 2.05) is 13.8 Å². The molecule has 0 spiro atoms. The third-order valence-corrected chi connectivity index (χ3v) is 4.93. The van der Waals surface area contributed by atoms with Crippen molar-refractivity contribution in [3.05, 3.63) is 24.0 Å². The zero-order valence-corrected chi connectivity index (χ0v) is 13.3. The van der Waals surface area contributed by atoms with Crippen LogP contribution >= 0.6 is 0 Å². The van der Waals surface area contributed by atoms with E-state index in [1.54, 1.807) is 0 Å². The van der Waals surface area contributed by atoms with Gasteiger partial charge in [-0.3, -0.25) is 0 Å². The molecule has 1 aromatic carbocycles. The molecule has 1 aromatic rings. The number of aliphatic hydroxyl groups is 1. The number of aliphatic hydroxyl groups excluding tert-OH is 1. The minimum absolute atomic E-state index is 0.0222. The average Bonchev–Trinajstić information content (AvgIpc) is 2.46. The Morgan fingerprint density at radius 3 is 2.43 bits per heavy atom. The van der Waals surface area contributed by atoms with Gasteiger partial charge in [0.25, 0.3) is 0 Å². The first-order valence-corrected chi connectivity index (χ1v) is 8.35. The number of methoxy groups -OCH3 is 1. The van der Waals surface area contributed by atoms with Crippen molar-refractivity contribution in [2.24, 2.45) is 5.92 Å². The highest BCUT2D eigenvalue weighted by Gasteiger charge is 2.21. The predicted octanol–water partition coefficient (Wildman–Crippen LogP) is 1.91. The second kappa shape index (κ2) is 7.72. The topological polar surface area (TPSA) is 75.6 Å². The van der Waals surface area contributed by atoms with Gasteiger partial charge in [0, 0.05) is 6.54 Å². The summed E-state index contributed by atoms with van der Waals surface area (Å²) in [5.41, 5.74) is 0. The van der Waals surface area contributed by atoms with Gasteiger partial charge in [-0.05, 0) is 24.1 Å². The molecule has 0 saturated heterocycles. The number of hydrogen-bond acceptors (Lipinski definition) is 4. The van der Waals surface area contributed by atoms with Crippen LogP contribution in [0.15, 0.2) is 23.1 Å². The van der Waals surface area contributed by atoms with Crippen LogP contribution in [0.2, 0.25) is 0 Å². The highest BCUT2D eigenvalue weighted by molar-refractivity contribution is 7.89. The first-order chi connectivity index (χ1) is 9.85. The lowest BCUT2D eigenvalue weighted by atomic mass is 9.97. The first kappa shape index (κ1) is 17.9. The number of rotatable bonds is 8. The van der Waals surface area contributed by atoms with Gasteiger partial charge in [0.05, 0.1) is 18.1 Å². The summed E-state index contributed by atoms with van der Waals surface area (Å²) in [6.07, 6.45) is 0.755. The second-order valence-electron chi connectivity index (χ2n) is 4.79. The Morgan fingerprint density at radius 1 is 1.33 bits per heavy atom. The highest BCUT2D eigenvalue weighted by Crippen LogP contribution is 2.20. The van der Waals surface area contributed by atoms with E-state index in [2.05, 4.69) is 4.72 Å². The molecule has 0 aliphatic rings. The molecule has 0 aliphatic heterocycles. The van der Waals surface area contributed by atoms with Crippen molar-refractivity contribution in [2.75, 3.05) is 13.7 Å². The number of benzene rings is 1. The minimum atomic E-state index is -3.86. The molecule has 1 atom stereocenters. The number of nitrogens with one attached hydrogen (secondary N) is 1. The largest absolute Gasteiger partial charge is 0.494 e. The molecule has 0 aromatic heterocycles. The minimum Gasteiger partial charge on any atom is -0.494 e. The molecule has 0 aliphatic carbocycles. The molecule has 1 unspecified atom stereocenters. The van der Waals surface area contributed by atoms with E-state index < -0.39 is 21.9 Å². The summed E-state index contributed by atoms with van der Waals surface area (Å²) in [4.78, 5) is -0.197. The fraction of sp³-hybridized carbons (Fsp3) is 0.571. The predicted molar refractivity (Wildman–Crippen MR) is 78.2 cm³/mol. The van der Waals surface area contributed by atoms with Gasteiger partial charge in [-0.25, -0.2) is 17.5 Å². The van der Waals surface area contributed by atoms with Gasteiger partial charge in [-0.15, -0.1) is 0 Å². The van der Waals surface area contributed by atoms with Crippen molar-refractivity contribution in [3.63, 3.8) is 0 Å². The molecule has 7 heteroatoms. The molecule has 21 heavy (non-hydrogen) atoms. The van der Waals surface area contributed by atoms with Gasteiger partial charge in [0.1, 0.15) is 0 Å². The Balaban J connectivity index is 2.80. The lowest BCUT2D eigenvalue weighted by molar-refractivity contribution is 0.107. The molecule has 0 amide bonds. The summed E-state index contributed by atoms with van der Waals surface area (Å²) in [6.45, 7) is 3.78. The molecule has 0 radical (unpaired) electrons. The maximum absolute atomic E-state index is 13.6. The van der Waals surface area contributed by atoms with Gasteiger partial charge >= 0.3 is 0 Å². The Bertz CT molecular complexity index is 558.